The van der Waals surface area contributed by atoms with Crippen molar-refractivity contribution < 1.29 is 9.47 Å². The number of benzene rings is 2. The van der Waals surface area contributed by atoms with Gasteiger partial charge in [-0.3, -0.25) is 0 Å². The number of hydrogen-bond acceptors (Lipinski definition) is 4. The van der Waals surface area contributed by atoms with E-state index in [0.29, 0.717) is 13.2 Å². The number of rotatable bonds is 8. The highest BCUT2D eigenvalue weighted by atomic mass is 32.1. The van der Waals surface area contributed by atoms with Crippen LogP contribution in [-0.2, 0) is 6.54 Å². The average molecular weight is 325 g/mol. The van der Waals surface area contributed by atoms with Crippen molar-refractivity contribution in [2.24, 2.45) is 0 Å². The molecule has 3 nitrogen and oxygen atoms in total. The molecule has 3 rings (SSSR count). The summed E-state index contributed by atoms with van der Waals surface area (Å²) in [5, 5.41) is 5.50. The minimum absolute atomic E-state index is 0.507. The van der Waals surface area contributed by atoms with Crippen LogP contribution in [0.4, 0.5) is 5.69 Å². The van der Waals surface area contributed by atoms with Crippen LogP contribution in [0.5, 0.6) is 11.5 Å². The van der Waals surface area contributed by atoms with Crippen LogP contribution in [0.1, 0.15) is 4.88 Å². The van der Waals surface area contributed by atoms with Crippen LogP contribution < -0.4 is 14.8 Å². The molecular formula is C19H19NO2S. The standard InChI is InChI=1S/C19H19NO2S/c1-2-7-16(8-3-1)21-12-13-22-19-11-5-4-10-18(19)20-15-17-9-6-14-23-17/h1-11,14,20H,12-13,15H2. The summed E-state index contributed by atoms with van der Waals surface area (Å²) in [7, 11) is 0. The molecule has 1 N–H and O–H groups in total. The fourth-order valence-electron chi connectivity index (χ4n) is 2.16. The van der Waals surface area contributed by atoms with Gasteiger partial charge in [-0.15, -0.1) is 11.3 Å². The summed E-state index contributed by atoms with van der Waals surface area (Å²) < 4.78 is 11.5. The summed E-state index contributed by atoms with van der Waals surface area (Å²) in [6, 6.07) is 21.9. The van der Waals surface area contributed by atoms with Gasteiger partial charge in [-0.1, -0.05) is 36.4 Å². The molecule has 1 aromatic heterocycles. The molecule has 0 saturated heterocycles. The van der Waals surface area contributed by atoms with E-state index < -0.39 is 0 Å². The summed E-state index contributed by atoms with van der Waals surface area (Å²) >= 11 is 1.74. The van der Waals surface area contributed by atoms with Crippen LogP contribution in [0.25, 0.3) is 0 Å². The Bertz CT molecular complexity index is 698. The molecule has 0 aliphatic heterocycles. The second-order valence-corrected chi connectivity index (χ2v) is 5.97. The predicted molar refractivity (Wildman–Crippen MR) is 95.5 cm³/mol. The van der Waals surface area contributed by atoms with E-state index in [1.54, 1.807) is 11.3 Å². The van der Waals surface area contributed by atoms with E-state index >= 15 is 0 Å². The Labute approximate surface area is 140 Å². The predicted octanol–water partition coefficient (Wildman–Crippen LogP) is 4.82. The van der Waals surface area contributed by atoms with Crippen molar-refractivity contribution in [3.63, 3.8) is 0 Å². The summed E-state index contributed by atoms with van der Waals surface area (Å²) in [6.07, 6.45) is 0. The highest BCUT2D eigenvalue weighted by molar-refractivity contribution is 7.09. The fraction of sp³-hybridized carbons (Fsp3) is 0.158. The van der Waals surface area contributed by atoms with E-state index in [0.717, 1.165) is 23.7 Å². The SMILES string of the molecule is c1ccc(OCCOc2ccccc2NCc2cccs2)cc1. The molecule has 1 heterocycles. The smallest absolute Gasteiger partial charge is 0.142 e. The van der Waals surface area contributed by atoms with E-state index in [1.165, 1.54) is 4.88 Å². The Hall–Kier alpha value is -2.46. The van der Waals surface area contributed by atoms with E-state index in [-0.39, 0.29) is 0 Å². The molecule has 3 aromatic rings. The fourth-order valence-corrected chi connectivity index (χ4v) is 2.81. The summed E-state index contributed by atoms with van der Waals surface area (Å²) in [6.45, 7) is 1.83. The van der Waals surface area contributed by atoms with Crippen LogP contribution in [0.3, 0.4) is 0 Å². The first-order valence-corrected chi connectivity index (χ1v) is 8.46. The molecule has 0 aliphatic rings. The van der Waals surface area contributed by atoms with Crippen LogP contribution in [0, 0.1) is 0 Å². The number of anilines is 1. The first-order valence-electron chi connectivity index (χ1n) is 7.58. The lowest BCUT2D eigenvalue weighted by molar-refractivity contribution is 0.218. The zero-order valence-corrected chi connectivity index (χ0v) is 13.6. The molecule has 0 saturated carbocycles. The molecule has 0 bridgehead atoms. The minimum Gasteiger partial charge on any atom is -0.490 e. The van der Waals surface area contributed by atoms with Crippen molar-refractivity contribution in [2.45, 2.75) is 6.54 Å². The maximum atomic E-state index is 5.84. The monoisotopic (exact) mass is 325 g/mol. The van der Waals surface area contributed by atoms with Crippen molar-refractivity contribution in [1.29, 1.82) is 0 Å². The van der Waals surface area contributed by atoms with Gasteiger partial charge in [0.15, 0.2) is 0 Å². The third-order valence-electron chi connectivity index (χ3n) is 3.27. The van der Waals surface area contributed by atoms with Crippen molar-refractivity contribution in [3.8, 4) is 11.5 Å². The zero-order chi connectivity index (χ0) is 15.7. The molecule has 0 fully saturated rings. The lowest BCUT2D eigenvalue weighted by Gasteiger charge is -2.13. The van der Waals surface area contributed by atoms with Gasteiger partial charge >= 0.3 is 0 Å². The molecule has 0 radical (unpaired) electrons. The normalized spacial score (nSPS) is 10.3. The van der Waals surface area contributed by atoms with Gasteiger partial charge in [-0.25, -0.2) is 0 Å². The second-order valence-electron chi connectivity index (χ2n) is 4.94. The van der Waals surface area contributed by atoms with Crippen molar-refractivity contribution in [1.82, 2.24) is 0 Å². The number of thiophene rings is 1. The quantitative estimate of drug-likeness (QED) is 0.602. The Balaban J connectivity index is 1.49. The molecule has 2 aromatic carbocycles. The first-order chi connectivity index (χ1) is 11.4. The van der Waals surface area contributed by atoms with Gasteiger partial charge in [-0.05, 0) is 35.7 Å². The van der Waals surface area contributed by atoms with Gasteiger partial charge in [0.1, 0.15) is 24.7 Å². The maximum Gasteiger partial charge on any atom is 0.142 e. The largest absolute Gasteiger partial charge is 0.490 e. The van der Waals surface area contributed by atoms with Gasteiger partial charge in [0.2, 0.25) is 0 Å². The first kappa shape index (κ1) is 15.4. The molecule has 4 heteroatoms. The second kappa shape index (κ2) is 8.25. The molecule has 0 amide bonds. The van der Waals surface area contributed by atoms with Crippen LogP contribution >= 0.6 is 11.3 Å². The van der Waals surface area contributed by atoms with E-state index in [9.17, 15) is 0 Å². The lowest BCUT2D eigenvalue weighted by Crippen LogP contribution is -2.10. The van der Waals surface area contributed by atoms with Crippen molar-refractivity contribution in [3.05, 3.63) is 77.0 Å². The Morgan fingerprint density at radius 3 is 2.39 bits per heavy atom. The molecular weight excluding hydrogens is 306 g/mol. The zero-order valence-electron chi connectivity index (χ0n) is 12.8. The number of para-hydroxylation sites is 3. The number of hydrogen-bond donors (Lipinski definition) is 1. The van der Waals surface area contributed by atoms with Crippen LogP contribution in [-0.4, -0.2) is 13.2 Å². The maximum absolute atomic E-state index is 5.84. The molecule has 118 valence electrons. The van der Waals surface area contributed by atoms with Gasteiger partial charge in [0, 0.05) is 11.4 Å². The summed E-state index contributed by atoms with van der Waals surface area (Å²) in [4.78, 5) is 1.30. The van der Waals surface area contributed by atoms with E-state index in [4.69, 9.17) is 9.47 Å². The van der Waals surface area contributed by atoms with Gasteiger partial charge in [-0.2, -0.15) is 0 Å². The molecule has 23 heavy (non-hydrogen) atoms. The van der Waals surface area contributed by atoms with Crippen molar-refractivity contribution >= 4 is 17.0 Å². The third kappa shape index (κ3) is 4.76. The van der Waals surface area contributed by atoms with Gasteiger partial charge < -0.3 is 14.8 Å². The highest BCUT2D eigenvalue weighted by Crippen LogP contribution is 2.25. The topological polar surface area (TPSA) is 30.5 Å². The van der Waals surface area contributed by atoms with Crippen LogP contribution in [0.2, 0.25) is 0 Å². The Kier molecular flexibility index (Phi) is 5.53. The number of nitrogens with one attached hydrogen (secondary N) is 1. The highest BCUT2D eigenvalue weighted by Gasteiger charge is 2.03. The molecule has 0 unspecified atom stereocenters. The van der Waals surface area contributed by atoms with Crippen molar-refractivity contribution in [2.75, 3.05) is 18.5 Å². The average Bonchev–Trinajstić information content (AvgIpc) is 3.12. The van der Waals surface area contributed by atoms with Gasteiger partial charge in [0.25, 0.3) is 0 Å². The number of ether oxygens (including phenoxy) is 2. The van der Waals surface area contributed by atoms with E-state index in [2.05, 4.69) is 22.8 Å². The molecule has 0 spiro atoms. The van der Waals surface area contributed by atoms with E-state index in [1.807, 2.05) is 54.6 Å². The minimum atomic E-state index is 0.507. The summed E-state index contributed by atoms with van der Waals surface area (Å²) in [5.41, 5.74) is 1.00. The Morgan fingerprint density at radius 1 is 0.783 bits per heavy atom. The molecule has 0 atom stereocenters. The Morgan fingerprint density at radius 2 is 1.57 bits per heavy atom. The van der Waals surface area contributed by atoms with Crippen LogP contribution in [0.15, 0.2) is 72.1 Å². The summed E-state index contributed by atoms with van der Waals surface area (Å²) in [5.74, 6) is 1.71. The lowest BCUT2D eigenvalue weighted by atomic mass is 10.3. The molecule has 0 aliphatic carbocycles. The third-order valence-corrected chi connectivity index (χ3v) is 4.15. The van der Waals surface area contributed by atoms with Gasteiger partial charge in [0.05, 0.1) is 5.69 Å².